The molecule has 2 rings (SSSR count). The first kappa shape index (κ1) is 14.9. The van der Waals surface area contributed by atoms with E-state index < -0.39 is 17.4 Å². The van der Waals surface area contributed by atoms with Crippen molar-refractivity contribution in [1.82, 2.24) is 0 Å². The minimum absolute atomic E-state index is 0.0251. The van der Waals surface area contributed by atoms with Crippen LogP contribution in [0.5, 0.6) is 0 Å². The highest BCUT2D eigenvalue weighted by molar-refractivity contribution is 9.10. The van der Waals surface area contributed by atoms with Crippen molar-refractivity contribution in [3.05, 3.63) is 62.1 Å². The topological polar surface area (TPSA) is 43.1 Å². The summed E-state index contributed by atoms with van der Waals surface area (Å²) in [4.78, 5) is 12.2. The highest BCUT2D eigenvalue weighted by Crippen LogP contribution is 2.28. The molecular formula is C14H9BrClF2NO. The maximum Gasteiger partial charge on any atom is 0.196 e. The van der Waals surface area contributed by atoms with E-state index in [2.05, 4.69) is 15.9 Å². The molecule has 0 amide bonds. The Morgan fingerprint density at radius 1 is 1.20 bits per heavy atom. The Kier molecular flexibility index (Phi) is 4.11. The van der Waals surface area contributed by atoms with Gasteiger partial charge in [0.15, 0.2) is 5.78 Å². The molecule has 0 saturated carbocycles. The number of ketones is 1. The van der Waals surface area contributed by atoms with Crippen LogP contribution in [0.1, 0.15) is 21.5 Å². The number of anilines is 1. The SMILES string of the molecule is Cc1c(N)cc(C(=O)c2cc(Cl)c(Br)cc2F)cc1F. The number of rotatable bonds is 2. The number of nitrogen functional groups attached to an aromatic ring is 1. The third-order valence-electron chi connectivity index (χ3n) is 2.90. The molecule has 2 aromatic rings. The van der Waals surface area contributed by atoms with E-state index in [0.717, 1.165) is 12.1 Å². The lowest BCUT2D eigenvalue weighted by Crippen LogP contribution is -2.07. The van der Waals surface area contributed by atoms with Crippen molar-refractivity contribution < 1.29 is 13.6 Å². The van der Waals surface area contributed by atoms with Crippen molar-refractivity contribution in [2.45, 2.75) is 6.92 Å². The van der Waals surface area contributed by atoms with Crippen molar-refractivity contribution in [3.63, 3.8) is 0 Å². The summed E-state index contributed by atoms with van der Waals surface area (Å²) in [6, 6.07) is 4.63. The summed E-state index contributed by atoms with van der Waals surface area (Å²) in [5.74, 6) is -2.04. The Bertz CT molecular complexity index is 696. The Morgan fingerprint density at radius 3 is 2.45 bits per heavy atom. The van der Waals surface area contributed by atoms with Gasteiger partial charge in [-0.1, -0.05) is 11.6 Å². The van der Waals surface area contributed by atoms with E-state index in [4.69, 9.17) is 17.3 Å². The molecule has 2 nitrogen and oxygen atoms in total. The summed E-state index contributed by atoms with van der Waals surface area (Å²) >= 11 is 8.90. The van der Waals surface area contributed by atoms with Crippen LogP contribution in [0.25, 0.3) is 0 Å². The molecule has 0 heterocycles. The zero-order valence-corrected chi connectivity index (χ0v) is 12.6. The molecular weight excluding hydrogens is 352 g/mol. The van der Waals surface area contributed by atoms with Gasteiger partial charge in [-0.3, -0.25) is 4.79 Å². The van der Waals surface area contributed by atoms with Crippen LogP contribution in [-0.2, 0) is 0 Å². The number of hydrogen-bond donors (Lipinski definition) is 1. The molecule has 2 N–H and O–H groups in total. The zero-order chi connectivity index (χ0) is 15.0. The minimum Gasteiger partial charge on any atom is -0.398 e. The molecule has 2 aromatic carbocycles. The predicted molar refractivity (Wildman–Crippen MR) is 78.1 cm³/mol. The number of benzene rings is 2. The maximum absolute atomic E-state index is 13.8. The quantitative estimate of drug-likeness (QED) is 0.487. The molecule has 0 aromatic heterocycles. The van der Waals surface area contributed by atoms with Gasteiger partial charge in [0.2, 0.25) is 0 Å². The number of carbonyl (C=O) groups is 1. The molecule has 0 aliphatic rings. The van der Waals surface area contributed by atoms with E-state index in [9.17, 15) is 13.6 Å². The van der Waals surface area contributed by atoms with Crippen LogP contribution < -0.4 is 5.73 Å². The summed E-state index contributed by atoms with van der Waals surface area (Å²) in [5, 5.41) is 0.190. The molecule has 0 spiro atoms. The minimum atomic E-state index is -0.745. The van der Waals surface area contributed by atoms with Crippen molar-refractivity contribution >= 4 is 39.0 Å². The van der Waals surface area contributed by atoms with Crippen LogP contribution >= 0.6 is 27.5 Å². The lowest BCUT2D eigenvalue weighted by molar-refractivity contribution is 0.103. The fourth-order valence-electron chi connectivity index (χ4n) is 1.68. The van der Waals surface area contributed by atoms with Crippen molar-refractivity contribution in [2.24, 2.45) is 0 Å². The zero-order valence-electron chi connectivity index (χ0n) is 10.3. The molecule has 0 aliphatic carbocycles. The van der Waals surface area contributed by atoms with Gasteiger partial charge in [0.05, 0.1) is 10.6 Å². The smallest absolute Gasteiger partial charge is 0.196 e. The van der Waals surface area contributed by atoms with Crippen molar-refractivity contribution in [2.75, 3.05) is 5.73 Å². The van der Waals surface area contributed by atoms with E-state index in [0.29, 0.717) is 4.47 Å². The molecule has 0 unspecified atom stereocenters. The summed E-state index contributed by atoms with van der Waals surface area (Å²) in [5.41, 5.74) is 5.73. The third-order valence-corrected chi connectivity index (χ3v) is 4.10. The normalized spacial score (nSPS) is 10.7. The fourth-order valence-corrected chi connectivity index (χ4v) is 2.16. The average molecular weight is 361 g/mol. The first-order chi connectivity index (χ1) is 9.31. The second-order valence-corrected chi connectivity index (χ2v) is 5.51. The molecule has 0 atom stereocenters. The average Bonchev–Trinajstić information content (AvgIpc) is 2.38. The van der Waals surface area contributed by atoms with E-state index in [-0.39, 0.29) is 27.4 Å². The fraction of sp³-hybridized carbons (Fsp3) is 0.0714. The van der Waals surface area contributed by atoms with E-state index >= 15 is 0 Å². The Morgan fingerprint density at radius 2 is 1.85 bits per heavy atom. The van der Waals surface area contributed by atoms with Gasteiger partial charge in [-0.15, -0.1) is 0 Å². The number of nitrogens with two attached hydrogens (primary N) is 1. The number of carbonyl (C=O) groups excluding carboxylic acids is 1. The molecule has 0 fully saturated rings. The van der Waals surface area contributed by atoms with Crippen LogP contribution in [0.15, 0.2) is 28.7 Å². The van der Waals surface area contributed by atoms with Gasteiger partial charge in [-0.25, -0.2) is 8.78 Å². The molecule has 0 radical (unpaired) electrons. The highest BCUT2D eigenvalue weighted by atomic mass is 79.9. The number of halogens is 4. The largest absolute Gasteiger partial charge is 0.398 e. The molecule has 104 valence electrons. The van der Waals surface area contributed by atoms with Crippen LogP contribution in [-0.4, -0.2) is 5.78 Å². The standard InChI is InChI=1S/C14H9BrClF2NO/c1-6-11(17)2-7(3-13(6)19)14(20)8-4-10(16)9(15)5-12(8)18/h2-5H,19H2,1H3. The van der Waals surface area contributed by atoms with Gasteiger partial charge >= 0.3 is 0 Å². The predicted octanol–water partition coefficient (Wildman–Crippen LogP) is 4.50. The van der Waals surface area contributed by atoms with Gasteiger partial charge in [0.1, 0.15) is 11.6 Å². The van der Waals surface area contributed by atoms with Crippen LogP contribution in [0.3, 0.4) is 0 Å². The second kappa shape index (κ2) is 5.50. The van der Waals surface area contributed by atoms with Crippen molar-refractivity contribution in [3.8, 4) is 0 Å². The first-order valence-corrected chi connectivity index (χ1v) is 6.73. The van der Waals surface area contributed by atoms with Crippen LogP contribution in [0.2, 0.25) is 5.02 Å². The summed E-state index contributed by atoms with van der Waals surface area (Å²) in [7, 11) is 0. The highest BCUT2D eigenvalue weighted by Gasteiger charge is 2.18. The third kappa shape index (κ3) is 2.69. The lowest BCUT2D eigenvalue weighted by Gasteiger charge is -2.08. The van der Waals surface area contributed by atoms with Crippen LogP contribution in [0, 0.1) is 18.6 Å². The Balaban J connectivity index is 2.55. The summed E-state index contributed by atoms with van der Waals surface area (Å²) < 4.78 is 27.7. The maximum atomic E-state index is 13.8. The molecule has 20 heavy (non-hydrogen) atoms. The van der Waals surface area contributed by atoms with Gasteiger partial charge in [0, 0.05) is 21.3 Å². The van der Waals surface area contributed by atoms with E-state index in [1.54, 1.807) is 0 Å². The number of hydrogen-bond acceptors (Lipinski definition) is 2. The second-order valence-electron chi connectivity index (χ2n) is 4.25. The molecule has 0 saturated heterocycles. The Labute approximate surface area is 127 Å². The molecule has 0 bridgehead atoms. The van der Waals surface area contributed by atoms with Crippen LogP contribution in [0.4, 0.5) is 14.5 Å². The van der Waals surface area contributed by atoms with E-state index in [1.165, 1.54) is 19.1 Å². The molecule has 6 heteroatoms. The lowest BCUT2D eigenvalue weighted by atomic mass is 10.0. The van der Waals surface area contributed by atoms with Gasteiger partial charge < -0.3 is 5.73 Å². The first-order valence-electron chi connectivity index (χ1n) is 5.56. The van der Waals surface area contributed by atoms with Crippen molar-refractivity contribution in [1.29, 1.82) is 0 Å². The van der Waals surface area contributed by atoms with Gasteiger partial charge in [-0.05, 0) is 47.1 Å². The van der Waals surface area contributed by atoms with Gasteiger partial charge in [0.25, 0.3) is 0 Å². The summed E-state index contributed by atoms with van der Waals surface area (Å²) in [6.45, 7) is 1.50. The van der Waals surface area contributed by atoms with E-state index in [1.807, 2.05) is 0 Å². The Hall–Kier alpha value is -1.46. The molecule has 0 aliphatic heterocycles. The monoisotopic (exact) mass is 359 g/mol. The van der Waals surface area contributed by atoms with Gasteiger partial charge in [-0.2, -0.15) is 0 Å². The summed E-state index contributed by atoms with van der Waals surface area (Å²) in [6.07, 6.45) is 0.